The third-order valence-corrected chi connectivity index (χ3v) is 4.48. The summed E-state index contributed by atoms with van der Waals surface area (Å²) in [5.41, 5.74) is 0.650. The fourth-order valence-corrected chi connectivity index (χ4v) is 3.10. The van der Waals surface area contributed by atoms with Gasteiger partial charge in [0.25, 0.3) is 0 Å². The lowest BCUT2D eigenvalue weighted by molar-refractivity contribution is -0.131. The van der Waals surface area contributed by atoms with E-state index in [1.165, 1.54) is 0 Å². The topological polar surface area (TPSA) is 52.6 Å². The number of benzene rings is 1. The molecule has 0 spiro atoms. The minimum Gasteiger partial charge on any atom is -0.508 e. The monoisotopic (exact) mass is 316 g/mol. The lowest BCUT2D eigenvalue weighted by Gasteiger charge is -2.32. The zero-order chi connectivity index (χ0) is 14.9. The minimum absolute atomic E-state index is 0.0244. The highest BCUT2D eigenvalue weighted by Gasteiger charge is 2.31. The quantitative estimate of drug-likeness (QED) is 0.882. The molecule has 4 nitrogen and oxygen atoms in total. The Morgan fingerprint density at radius 1 is 1.40 bits per heavy atom. The summed E-state index contributed by atoms with van der Waals surface area (Å²) in [5, 5.41) is 14.1. The van der Waals surface area contributed by atoms with Crippen LogP contribution in [0.3, 0.4) is 0 Å². The summed E-state index contributed by atoms with van der Waals surface area (Å²) in [4.78, 5) is 13.6. The first kappa shape index (κ1) is 15.4. The molecule has 1 saturated heterocycles. The van der Waals surface area contributed by atoms with Gasteiger partial charge in [0.2, 0.25) is 5.91 Å². The molecule has 20 heavy (non-hydrogen) atoms. The van der Waals surface area contributed by atoms with Gasteiger partial charge in [-0.1, -0.05) is 23.2 Å². The maximum absolute atomic E-state index is 12.1. The first-order chi connectivity index (χ1) is 9.41. The molecule has 110 valence electrons. The molecule has 1 aromatic rings. The van der Waals surface area contributed by atoms with Crippen molar-refractivity contribution in [1.29, 1.82) is 0 Å². The number of hydrogen-bond donors (Lipinski definition) is 2. The number of carbonyl (C=O) groups is 1. The van der Waals surface area contributed by atoms with Crippen LogP contribution in [0.15, 0.2) is 12.1 Å². The molecular weight excluding hydrogens is 299 g/mol. The Balaban J connectivity index is 2.26. The second kappa shape index (κ2) is 6.20. The molecule has 1 aromatic carbocycles. The second-order valence-corrected chi connectivity index (χ2v) is 6.04. The summed E-state index contributed by atoms with van der Waals surface area (Å²) in [6.45, 7) is 0.706. The van der Waals surface area contributed by atoms with E-state index in [0.29, 0.717) is 28.6 Å². The van der Waals surface area contributed by atoms with Gasteiger partial charge in [-0.2, -0.15) is 0 Å². The van der Waals surface area contributed by atoms with Crippen LogP contribution in [0.2, 0.25) is 10.0 Å². The fourth-order valence-electron chi connectivity index (χ4n) is 2.62. The maximum Gasteiger partial charge on any atom is 0.239 e. The van der Waals surface area contributed by atoms with E-state index in [1.54, 1.807) is 31.1 Å². The molecule has 6 heteroatoms. The Kier molecular flexibility index (Phi) is 4.78. The SMILES string of the molecule is CN(C)C(=O)C1C[C@@H](c2c(O)ccc(Cl)c2Cl)CCN1. The molecule has 0 radical (unpaired) electrons. The Bertz CT molecular complexity index is 520. The van der Waals surface area contributed by atoms with Crippen LogP contribution in [0.25, 0.3) is 0 Å². The number of rotatable bonds is 2. The predicted octanol–water partition coefficient (Wildman–Crippen LogP) is 2.62. The molecule has 1 fully saturated rings. The van der Waals surface area contributed by atoms with E-state index in [9.17, 15) is 9.90 Å². The van der Waals surface area contributed by atoms with Gasteiger partial charge in [0, 0.05) is 19.7 Å². The molecule has 0 aromatic heterocycles. The van der Waals surface area contributed by atoms with Crippen molar-refractivity contribution in [3.63, 3.8) is 0 Å². The Morgan fingerprint density at radius 3 is 2.75 bits per heavy atom. The number of phenols is 1. The maximum atomic E-state index is 12.1. The number of aromatic hydroxyl groups is 1. The van der Waals surface area contributed by atoms with Crippen LogP contribution in [0, 0.1) is 0 Å². The van der Waals surface area contributed by atoms with E-state index >= 15 is 0 Å². The molecule has 1 aliphatic heterocycles. The highest BCUT2D eigenvalue weighted by atomic mass is 35.5. The van der Waals surface area contributed by atoms with Gasteiger partial charge in [0.15, 0.2) is 0 Å². The van der Waals surface area contributed by atoms with Gasteiger partial charge in [-0.3, -0.25) is 4.79 Å². The molecule has 0 saturated carbocycles. The van der Waals surface area contributed by atoms with Crippen molar-refractivity contribution in [2.24, 2.45) is 0 Å². The zero-order valence-electron chi connectivity index (χ0n) is 11.5. The average molecular weight is 317 g/mol. The summed E-state index contributed by atoms with van der Waals surface area (Å²) in [5.74, 6) is 0.200. The van der Waals surface area contributed by atoms with Crippen LogP contribution in [0.5, 0.6) is 5.75 Å². The third kappa shape index (κ3) is 3.03. The van der Waals surface area contributed by atoms with Gasteiger partial charge in [0.05, 0.1) is 16.1 Å². The van der Waals surface area contributed by atoms with Crippen LogP contribution >= 0.6 is 23.2 Å². The number of halogens is 2. The van der Waals surface area contributed by atoms with Crippen LogP contribution in [0.1, 0.15) is 24.3 Å². The lowest BCUT2D eigenvalue weighted by atomic mass is 9.85. The van der Waals surface area contributed by atoms with Crippen LogP contribution in [-0.4, -0.2) is 42.6 Å². The molecule has 2 N–H and O–H groups in total. The van der Waals surface area contributed by atoms with Crippen LogP contribution in [-0.2, 0) is 4.79 Å². The van der Waals surface area contributed by atoms with Gasteiger partial charge < -0.3 is 15.3 Å². The Morgan fingerprint density at radius 2 is 2.10 bits per heavy atom. The van der Waals surface area contributed by atoms with Gasteiger partial charge in [0.1, 0.15) is 5.75 Å². The molecule has 1 aliphatic rings. The van der Waals surface area contributed by atoms with E-state index < -0.39 is 0 Å². The van der Waals surface area contributed by atoms with E-state index in [4.69, 9.17) is 23.2 Å². The van der Waals surface area contributed by atoms with Crippen LogP contribution < -0.4 is 5.32 Å². The number of phenolic OH excluding ortho intramolecular Hbond substituents is 1. The summed E-state index contributed by atoms with van der Waals surface area (Å²) in [6, 6.07) is 2.87. The molecule has 0 bridgehead atoms. The summed E-state index contributed by atoms with van der Waals surface area (Å²) in [7, 11) is 3.47. The largest absolute Gasteiger partial charge is 0.508 e. The number of carbonyl (C=O) groups excluding carboxylic acids is 1. The zero-order valence-corrected chi connectivity index (χ0v) is 13.0. The van der Waals surface area contributed by atoms with E-state index in [0.717, 1.165) is 6.42 Å². The average Bonchev–Trinajstić information content (AvgIpc) is 2.43. The summed E-state index contributed by atoms with van der Waals surface area (Å²) < 4.78 is 0. The number of amides is 1. The van der Waals surface area contributed by atoms with Crippen molar-refractivity contribution in [3.8, 4) is 5.75 Å². The first-order valence-electron chi connectivity index (χ1n) is 6.53. The van der Waals surface area contributed by atoms with Gasteiger partial charge in [-0.05, 0) is 37.4 Å². The number of nitrogens with one attached hydrogen (secondary N) is 1. The molecule has 2 atom stereocenters. The number of hydrogen-bond acceptors (Lipinski definition) is 3. The highest BCUT2D eigenvalue weighted by Crippen LogP contribution is 2.41. The summed E-state index contributed by atoms with van der Waals surface area (Å²) in [6.07, 6.45) is 1.41. The molecular formula is C14H18Cl2N2O2. The van der Waals surface area contributed by atoms with E-state index in [-0.39, 0.29) is 23.6 Å². The Labute approximate surface area is 128 Å². The molecule has 1 amide bonds. The van der Waals surface area contributed by atoms with Crippen molar-refractivity contribution < 1.29 is 9.90 Å². The number of piperidine rings is 1. The molecule has 1 unspecified atom stereocenters. The first-order valence-corrected chi connectivity index (χ1v) is 7.28. The normalized spacial score (nSPS) is 22.6. The predicted molar refractivity (Wildman–Crippen MR) is 80.6 cm³/mol. The lowest BCUT2D eigenvalue weighted by Crippen LogP contribution is -2.47. The van der Waals surface area contributed by atoms with E-state index in [1.807, 2.05) is 0 Å². The van der Waals surface area contributed by atoms with Crippen molar-refractivity contribution >= 4 is 29.1 Å². The van der Waals surface area contributed by atoms with Crippen LogP contribution in [0.4, 0.5) is 0 Å². The summed E-state index contributed by atoms with van der Waals surface area (Å²) >= 11 is 12.2. The third-order valence-electron chi connectivity index (χ3n) is 3.66. The number of likely N-dealkylation sites (N-methyl/N-ethyl adjacent to an activating group) is 1. The van der Waals surface area contributed by atoms with Gasteiger partial charge >= 0.3 is 0 Å². The van der Waals surface area contributed by atoms with Crippen molar-refractivity contribution in [1.82, 2.24) is 10.2 Å². The second-order valence-electron chi connectivity index (χ2n) is 5.25. The highest BCUT2D eigenvalue weighted by molar-refractivity contribution is 6.42. The van der Waals surface area contributed by atoms with E-state index in [2.05, 4.69) is 5.32 Å². The van der Waals surface area contributed by atoms with Crippen molar-refractivity contribution in [2.75, 3.05) is 20.6 Å². The fraction of sp³-hybridized carbons (Fsp3) is 0.500. The molecule has 0 aliphatic carbocycles. The van der Waals surface area contributed by atoms with Crippen molar-refractivity contribution in [2.45, 2.75) is 24.8 Å². The minimum atomic E-state index is -0.252. The molecule has 1 heterocycles. The smallest absolute Gasteiger partial charge is 0.239 e. The Hall–Kier alpha value is -0.970. The standard InChI is InChI=1S/C14H18Cl2N2O2/c1-18(2)14(20)10-7-8(5-6-17-10)12-11(19)4-3-9(15)13(12)16/h3-4,8,10,17,19H,5-7H2,1-2H3/t8-,10?/m0/s1. The van der Waals surface area contributed by atoms with Gasteiger partial charge in [-0.25, -0.2) is 0 Å². The van der Waals surface area contributed by atoms with Crippen molar-refractivity contribution in [3.05, 3.63) is 27.7 Å². The molecule has 2 rings (SSSR count). The van der Waals surface area contributed by atoms with Gasteiger partial charge in [-0.15, -0.1) is 0 Å². The number of nitrogens with zero attached hydrogens (tertiary/aromatic N) is 1.